The summed E-state index contributed by atoms with van der Waals surface area (Å²) < 4.78 is 2.76. The summed E-state index contributed by atoms with van der Waals surface area (Å²) in [6, 6.07) is 11.6. The fourth-order valence-corrected chi connectivity index (χ4v) is 4.15. The number of aromatic nitrogens is 2. The molecule has 3 rings (SSSR count). The van der Waals surface area contributed by atoms with Crippen LogP contribution in [-0.4, -0.2) is 33.2 Å². The van der Waals surface area contributed by atoms with Crippen molar-refractivity contribution in [1.29, 1.82) is 0 Å². The standard InChI is InChI=1S/C27H31N3O5/c1-5-29-24-12-7-19(15-23(24)26(34)30(6-2)27(29)35)14-22(32)13-17(3)16-28-25(33)21-10-8-20(9-11-21)18(4)31/h7-12,15,17H,5-6,13-14,16H2,1-4H3,(H,28,33). The maximum atomic E-state index is 12.8. The number of aryl methyl sites for hydroxylation is 1. The van der Waals surface area contributed by atoms with Crippen molar-refractivity contribution in [1.82, 2.24) is 14.5 Å². The Hall–Kier alpha value is -3.81. The number of hydrogen-bond donors (Lipinski definition) is 1. The minimum absolute atomic E-state index is 0.00320. The van der Waals surface area contributed by atoms with E-state index in [1.165, 1.54) is 11.5 Å². The van der Waals surface area contributed by atoms with Gasteiger partial charge in [0.15, 0.2) is 5.78 Å². The second-order valence-corrected chi connectivity index (χ2v) is 8.80. The molecule has 184 valence electrons. The lowest BCUT2D eigenvalue weighted by molar-refractivity contribution is -0.119. The van der Waals surface area contributed by atoms with E-state index in [4.69, 9.17) is 0 Å². The Morgan fingerprint density at radius 3 is 2.14 bits per heavy atom. The summed E-state index contributed by atoms with van der Waals surface area (Å²) in [4.78, 5) is 61.7. The molecule has 1 N–H and O–H groups in total. The summed E-state index contributed by atoms with van der Waals surface area (Å²) in [6.07, 6.45) is 0.437. The van der Waals surface area contributed by atoms with E-state index in [0.29, 0.717) is 40.7 Å². The van der Waals surface area contributed by atoms with Crippen molar-refractivity contribution >= 4 is 28.4 Å². The van der Waals surface area contributed by atoms with E-state index in [2.05, 4.69) is 5.32 Å². The van der Waals surface area contributed by atoms with Gasteiger partial charge < -0.3 is 5.32 Å². The third-order valence-electron chi connectivity index (χ3n) is 6.06. The minimum Gasteiger partial charge on any atom is -0.352 e. The number of Topliss-reactive ketones (excluding diaryl/α,β-unsaturated/α-hetero) is 2. The molecule has 0 fully saturated rings. The number of rotatable bonds is 10. The van der Waals surface area contributed by atoms with Crippen LogP contribution in [0.5, 0.6) is 0 Å². The van der Waals surface area contributed by atoms with Gasteiger partial charge in [0, 0.05) is 43.6 Å². The molecular formula is C27H31N3O5. The third-order valence-corrected chi connectivity index (χ3v) is 6.06. The van der Waals surface area contributed by atoms with Crippen LogP contribution < -0.4 is 16.6 Å². The molecule has 0 saturated heterocycles. The summed E-state index contributed by atoms with van der Waals surface area (Å²) in [6.45, 7) is 8.01. The zero-order chi connectivity index (χ0) is 25.7. The predicted octanol–water partition coefficient (Wildman–Crippen LogP) is 2.97. The highest BCUT2D eigenvalue weighted by Crippen LogP contribution is 2.14. The van der Waals surface area contributed by atoms with E-state index >= 15 is 0 Å². The number of fused-ring (bicyclic) bond motifs is 1. The Morgan fingerprint density at radius 2 is 1.54 bits per heavy atom. The summed E-state index contributed by atoms with van der Waals surface area (Å²) in [5.74, 6) is -0.406. The molecule has 1 aromatic heterocycles. The van der Waals surface area contributed by atoms with E-state index in [0.717, 1.165) is 0 Å². The molecule has 0 aliphatic heterocycles. The first-order valence-corrected chi connectivity index (χ1v) is 11.8. The molecule has 0 bridgehead atoms. The molecule has 0 spiro atoms. The van der Waals surface area contributed by atoms with E-state index in [1.807, 2.05) is 13.8 Å². The summed E-state index contributed by atoms with van der Waals surface area (Å²) >= 11 is 0. The maximum Gasteiger partial charge on any atom is 0.331 e. The first-order valence-electron chi connectivity index (χ1n) is 11.8. The first kappa shape index (κ1) is 25.8. The van der Waals surface area contributed by atoms with Crippen molar-refractivity contribution in [2.45, 2.75) is 53.6 Å². The van der Waals surface area contributed by atoms with Gasteiger partial charge in [0.2, 0.25) is 0 Å². The second-order valence-electron chi connectivity index (χ2n) is 8.80. The van der Waals surface area contributed by atoms with Crippen LogP contribution in [0, 0.1) is 5.92 Å². The van der Waals surface area contributed by atoms with Crippen LogP contribution >= 0.6 is 0 Å². The number of carbonyl (C=O) groups is 3. The molecule has 2 aromatic carbocycles. The summed E-state index contributed by atoms with van der Waals surface area (Å²) in [7, 11) is 0. The Labute approximate surface area is 203 Å². The molecule has 0 aliphatic rings. The van der Waals surface area contributed by atoms with Gasteiger partial charge in [-0.3, -0.25) is 28.3 Å². The number of amides is 1. The molecule has 8 nitrogen and oxygen atoms in total. The van der Waals surface area contributed by atoms with E-state index < -0.39 is 0 Å². The van der Waals surface area contributed by atoms with Gasteiger partial charge in [0.1, 0.15) is 5.78 Å². The zero-order valence-corrected chi connectivity index (χ0v) is 20.6. The molecular weight excluding hydrogens is 446 g/mol. The highest BCUT2D eigenvalue weighted by molar-refractivity contribution is 5.97. The lowest BCUT2D eigenvalue weighted by Gasteiger charge is -2.14. The Kier molecular flexibility index (Phi) is 8.17. The monoisotopic (exact) mass is 477 g/mol. The van der Waals surface area contributed by atoms with E-state index in [-0.39, 0.29) is 54.0 Å². The molecule has 35 heavy (non-hydrogen) atoms. The van der Waals surface area contributed by atoms with Crippen LogP contribution in [0.25, 0.3) is 10.9 Å². The van der Waals surface area contributed by atoms with Gasteiger partial charge in [-0.2, -0.15) is 0 Å². The molecule has 1 amide bonds. The minimum atomic E-state index is -0.348. The Morgan fingerprint density at radius 1 is 0.914 bits per heavy atom. The normalized spacial score (nSPS) is 11.9. The first-order chi connectivity index (χ1) is 16.7. The van der Waals surface area contributed by atoms with Crippen molar-refractivity contribution in [3.8, 4) is 0 Å². The fourth-order valence-electron chi connectivity index (χ4n) is 4.15. The van der Waals surface area contributed by atoms with Gasteiger partial charge in [-0.05, 0) is 56.5 Å². The lowest BCUT2D eigenvalue weighted by Crippen LogP contribution is -2.39. The van der Waals surface area contributed by atoms with Crippen LogP contribution in [-0.2, 0) is 24.3 Å². The number of carbonyl (C=O) groups excluding carboxylic acids is 3. The van der Waals surface area contributed by atoms with Gasteiger partial charge >= 0.3 is 5.69 Å². The van der Waals surface area contributed by atoms with E-state index in [9.17, 15) is 24.0 Å². The predicted molar refractivity (Wildman–Crippen MR) is 135 cm³/mol. The molecule has 1 heterocycles. The smallest absolute Gasteiger partial charge is 0.331 e. The second kappa shape index (κ2) is 11.1. The molecule has 0 radical (unpaired) electrons. The zero-order valence-electron chi connectivity index (χ0n) is 20.6. The number of benzene rings is 2. The highest BCUT2D eigenvalue weighted by atomic mass is 16.2. The van der Waals surface area contributed by atoms with Crippen LogP contribution in [0.1, 0.15) is 60.4 Å². The van der Waals surface area contributed by atoms with Crippen molar-refractivity contribution in [3.63, 3.8) is 0 Å². The van der Waals surface area contributed by atoms with Crippen molar-refractivity contribution in [3.05, 3.63) is 80.0 Å². The molecule has 1 atom stereocenters. The van der Waals surface area contributed by atoms with Crippen LogP contribution in [0.3, 0.4) is 0 Å². The number of nitrogens with one attached hydrogen (secondary N) is 1. The topological polar surface area (TPSA) is 107 Å². The molecule has 1 unspecified atom stereocenters. The quantitative estimate of drug-likeness (QED) is 0.452. The van der Waals surface area contributed by atoms with Crippen LogP contribution in [0.4, 0.5) is 0 Å². The average molecular weight is 478 g/mol. The third kappa shape index (κ3) is 5.82. The number of hydrogen-bond acceptors (Lipinski definition) is 5. The molecule has 0 aliphatic carbocycles. The van der Waals surface area contributed by atoms with Gasteiger partial charge in [-0.1, -0.05) is 25.1 Å². The average Bonchev–Trinajstić information content (AvgIpc) is 2.83. The van der Waals surface area contributed by atoms with Gasteiger partial charge in [-0.25, -0.2) is 4.79 Å². The number of ketones is 2. The van der Waals surface area contributed by atoms with Crippen molar-refractivity contribution in [2.24, 2.45) is 5.92 Å². The summed E-state index contributed by atoms with van der Waals surface area (Å²) in [5, 5.41) is 3.25. The maximum absolute atomic E-state index is 12.8. The molecule has 8 heteroatoms. The summed E-state index contributed by atoms with van der Waals surface area (Å²) in [5.41, 5.74) is 1.59. The fraction of sp³-hybridized carbons (Fsp3) is 0.370. The molecule has 0 saturated carbocycles. The van der Waals surface area contributed by atoms with Crippen LogP contribution in [0.2, 0.25) is 0 Å². The number of nitrogens with zero attached hydrogens (tertiary/aromatic N) is 2. The van der Waals surface area contributed by atoms with E-state index in [1.54, 1.807) is 54.0 Å². The van der Waals surface area contributed by atoms with Crippen molar-refractivity contribution < 1.29 is 14.4 Å². The SMILES string of the molecule is CCn1c(=O)c2cc(CC(=O)CC(C)CNC(=O)c3ccc(C(C)=O)cc3)ccc2n(CC)c1=O. The van der Waals surface area contributed by atoms with Crippen LogP contribution in [0.15, 0.2) is 52.1 Å². The van der Waals surface area contributed by atoms with Crippen molar-refractivity contribution in [2.75, 3.05) is 6.54 Å². The lowest BCUT2D eigenvalue weighted by atomic mass is 9.98. The van der Waals surface area contributed by atoms with Gasteiger partial charge in [0.25, 0.3) is 11.5 Å². The van der Waals surface area contributed by atoms with Gasteiger partial charge in [0.05, 0.1) is 10.9 Å². The largest absolute Gasteiger partial charge is 0.352 e. The Balaban J connectivity index is 1.64. The molecule has 3 aromatic rings. The van der Waals surface area contributed by atoms with Gasteiger partial charge in [-0.15, -0.1) is 0 Å². The Bertz CT molecular complexity index is 1380. The highest BCUT2D eigenvalue weighted by Gasteiger charge is 2.15.